The van der Waals surface area contributed by atoms with E-state index in [1.165, 1.54) is 0 Å². The van der Waals surface area contributed by atoms with Crippen LogP contribution < -0.4 is 5.32 Å². The lowest BCUT2D eigenvalue weighted by Gasteiger charge is -2.21. The van der Waals surface area contributed by atoms with Crippen molar-refractivity contribution in [2.24, 2.45) is 0 Å². The first-order valence-corrected chi connectivity index (χ1v) is 9.43. The first kappa shape index (κ1) is 14.4. The van der Waals surface area contributed by atoms with Gasteiger partial charge in [0.15, 0.2) is 0 Å². The van der Waals surface area contributed by atoms with Crippen LogP contribution in [0.15, 0.2) is 92.4 Å². The molecule has 3 aromatic carbocycles. The Kier molecular flexibility index (Phi) is 3.39. The lowest BCUT2D eigenvalue weighted by Crippen LogP contribution is -2.04. The quantitative estimate of drug-likeness (QED) is 0.573. The Morgan fingerprint density at radius 2 is 1.39 bits per heavy atom. The third-order valence-corrected chi connectivity index (χ3v) is 6.59. The van der Waals surface area contributed by atoms with Crippen LogP contribution in [0, 0.1) is 0 Å². The van der Waals surface area contributed by atoms with Crippen LogP contribution in [0.3, 0.4) is 0 Å². The highest BCUT2D eigenvalue weighted by Crippen LogP contribution is 2.44. The van der Waals surface area contributed by atoms with Gasteiger partial charge < -0.3 is 5.32 Å². The number of hydrogen-bond donors (Lipinski definition) is 1. The second kappa shape index (κ2) is 5.44. The summed E-state index contributed by atoms with van der Waals surface area (Å²) in [7, 11) is -3.49. The minimum atomic E-state index is -3.49. The molecule has 1 heterocycles. The van der Waals surface area contributed by atoms with Crippen LogP contribution in [0.2, 0.25) is 0 Å². The third kappa shape index (κ3) is 2.52. The molecule has 4 rings (SSSR count). The Bertz CT molecular complexity index is 983. The second-order valence-electron chi connectivity index (χ2n) is 5.20. The summed E-state index contributed by atoms with van der Waals surface area (Å²) < 4.78 is 25.5. The molecule has 0 radical (unpaired) electrons. The van der Waals surface area contributed by atoms with Gasteiger partial charge in [0, 0.05) is 9.79 Å². The summed E-state index contributed by atoms with van der Waals surface area (Å²) in [5.41, 5.74) is 1.98. The van der Waals surface area contributed by atoms with Crippen molar-refractivity contribution in [3.63, 3.8) is 0 Å². The molecule has 0 amide bonds. The molecule has 0 spiro atoms. The first-order valence-electron chi connectivity index (χ1n) is 7.13. The molecule has 1 aliphatic heterocycles. The van der Waals surface area contributed by atoms with E-state index in [0.29, 0.717) is 9.79 Å². The van der Waals surface area contributed by atoms with Crippen molar-refractivity contribution in [3.8, 4) is 0 Å². The highest BCUT2D eigenvalue weighted by atomic mass is 32.2. The summed E-state index contributed by atoms with van der Waals surface area (Å²) in [5, 5.41) is 3.34. The molecule has 0 aromatic heterocycles. The standard InChI is InChI=1S/C18H13NO2S2/c20-23(21,13-6-2-1-3-7-13)14-10-11-16-18(12-14)22-17-9-5-4-8-15(17)19-16/h1-12,19H. The van der Waals surface area contributed by atoms with Crippen LogP contribution in [-0.2, 0) is 9.84 Å². The van der Waals surface area contributed by atoms with Crippen molar-refractivity contribution in [1.82, 2.24) is 0 Å². The number of fused-ring (bicyclic) bond motifs is 2. The molecule has 1 N–H and O–H groups in total. The average Bonchev–Trinajstić information content (AvgIpc) is 2.60. The van der Waals surface area contributed by atoms with Gasteiger partial charge in [0.2, 0.25) is 9.84 Å². The van der Waals surface area contributed by atoms with Gasteiger partial charge in [-0.2, -0.15) is 0 Å². The van der Waals surface area contributed by atoms with Crippen LogP contribution in [-0.4, -0.2) is 8.42 Å². The van der Waals surface area contributed by atoms with E-state index in [9.17, 15) is 8.42 Å². The predicted molar refractivity (Wildman–Crippen MR) is 92.2 cm³/mol. The van der Waals surface area contributed by atoms with Crippen molar-refractivity contribution in [2.75, 3.05) is 5.32 Å². The number of benzene rings is 3. The molecule has 0 unspecified atom stereocenters. The average molecular weight is 339 g/mol. The zero-order valence-electron chi connectivity index (χ0n) is 12.1. The van der Waals surface area contributed by atoms with Crippen LogP contribution in [0.25, 0.3) is 0 Å². The lowest BCUT2D eigenvalue weighted by atomic mass is 10.2. The highest BCUT2D eigenvalue weighted by molar-refractivity contribution is 7.99. The molecule has 3 aromatic rings. The van der Waals surface area contributed by atoms with Gasteiger partial charge in [0.25, 0.3) is 0 Å². The van der Waals surface area contributed by atoms with Gasteiger partial charge in [-0.05, 0) is 42.5 Å². The van der Waals surface area contributed by atoms with E-state index in [4.69, 9.17) is 0 Å². The van der Waals surface area contributed by atoms with Gasteiger partial charge in [-0.1, -0.05) is 42.1 Å². The highest BCUT2D eigenvalue weighted by Gasteiger charge is 2.21. The van der Waals surface area contributed by atoms with E-state index < -0.39 is 9.84 Å². The number of nitrogens with one attached hydrogen (secondary N) is 1. The largest absolute Gasteiger partial charge is 0.354 e. The summed E-state index contributed by atoms with van der Waals surface area (Å²) in [6, 6.07) is 21.7. The van der Waals surface area contributed by atoms with Gasteiger partial charge in [-0.25, -0.2) is 8.42 Å². The Labute approximate surface area is 139 Å². The summed E-state index contributed by atoms with van der Waals surface area (Å²) in [4.78, 5) is 2.64. The topological polar surface area (TPSA) is 46.2 Å². The minimum Gasteiger partial charge on any atom is -0.354 e. The maximum atomic E-state index is 12.7. The molecule has 0 saturated carbocycles. The SMILES string of the molecule is O=S(=O)(c1ccccc1)c1ccc2c(c1)Sc1ccccc1N2. The fourth-order valence-electron chi connectivity index (χ4n) is 2.52. The maximum Gasteiger partial charge on any atom is 0.206 e. The molecule has 114 valence electrons. The number of rotatable bonds is 2. The van der Waals surface area contributed by atoms with Gasteiger partial charge in [-0.3, -0.25) is 0 Å². The molecule has 1 aliphatic rings. The van der Waals surface area contributed by atoms with E-state index in [-0.39, 0.29) is 0 Å². The van der Waals surface area contributed by atoms with Gasteiger partial charge in [-0.15, -0.1) is 0 Å². The molecule has 23 heavy (non-hydrogen) atoms. The van der Waals surface area contributed by atoms with E-state index in [1.54, 1.807) is 48.2 Å². The summed E-state index contributed by atoms with van der Waals surface area (Å²) in [6.07, 6.45) is 0. The fraction of sp³-hybridized carbons (Fsp3) is 0. The van der Waals surface area contributed by atoms with E-state index in [0.717, 1.165) is 21.2 Å². The zero-order chi connectivity index (χ0) is 15.9. The number of anilines is 2. The van der Waals surface area contributed by atoms with Crippen molar-refractivity contribution < 1.29 is 8.42 Å². The molecular formula is C18H13NO2S2. The molecule has 5 heteroatoms. The van der Waals surface area contributed by atoms with Crippen molar-refractivity contribution in [3.05, 3.63) is 72.8 Å². The van der Waals surface area contributed by atoms with Gasteiger partial charge in [0.05, 0.1) is 21.2 Å². The molecule has 3 nitrogen and oxygen atoms in total. The summed E-state index contributed by atoms with van der Waals surface area (Å²) in [5.74, 6) is 0. The Balaban J connectivity index is 1.77. The predicted octanol–water partition coefficient (Wildman–Crippen LogP) is 4.73. The third-order valence-electron chi connectivity index (χ3n) is 3.69. The van der Waals surface area contributed by atoms with Crippen molar-refractivity contribution >= 4 is 33.0 Å². The van der Waals surface area contributed by atoms with E-state index in [2.05, 4.69) is 5.32 Å². The van der Waals surface area contributed by atoms with Crippen LogP contribution >= 0.6 is 11.8 Å². The van der Waals surface area contributed by atoms with Crippen LogP contribution in [0.1, 0.15) is 0 Å². The van der Waals surface area contributed by atoms with Gasteiger partial charge in [0.1, 0.15) is 0 Å². The first-order chi connectivity index (χ1) is 11.1. The minimum absolute atomic E-state index is 0.314. The van der Waals surface area contributed by atoms with Crippen molar-refractivity contribution in [1.29, 1.82) is 0 Å². The normalized spacial score (nSPS) is 12.9. The fourth-order valence-corrected chi connectivity index (χ4v) is 4.93. The smallest absolute Gasteiger partial charge is 0.206 e. The zero-order valence-corrected chi connectivity index (χ0v) is 13.7. The van der Waals surface area contributed by atoms with Crippen LogP contribution in [0.5, 0.6) is 0 Å². The maximum absolute atomic E-state index is 12.7. The molecule has 0 bridgehead atoms. The van der Waals surface area contributed by atoms with Gasteiger partial charge >= 0.3 is 0 Å². The van der Waals surface area contributed by atoms with Crippen LogP contribution in [0.4, 0.5) is 11.4 Å². The number of sulfone groups is 1. The number of hydrogen-bond acceptors (Lipinski definition) is 4. The summed E-state index contributed by atoms with van der Waals surface area (Å²) in [6.45, 7) is 0. The molecular weight excluding hydrogens is 326 g/mol. The Morgan fingerprint density at radius 1 is 0.696 bits per heavy atom. The molecule has 0 aliphatic carbocycles. The molecule has 0 saturated heterocycles. The second-order valence-corrected chi connectivity index (χ2v) is 8.23. The molecule has 0 atom stereocenters. The molecule has 0 fully saturated rings. The van der Waals surface area contributed by atoms with Crippen molar-refractivity contribution in [2.45, 2.75) is 19.6 Å². The van der Waals surface area contributed by atoms with E-state index in [1.807, 2.05) is 36.4 Å². The Hall–Kier alpha value is -2.24. The van der Waals surface area contributed by atoms with E-state index >= 15 is 0 Å². The number of para-hydroxylation sites is 1. The lowest BCUT2D eigenvalue weighted by molar-refractivity contribution is 0.596. The summed E-state index contributed by atoms with van der Waals surface area (Å²) >= 11 is 1.58. The Morgan fingerprint density at radius 3 is 2.22 bits per heavy atom. The monoisotopic (exact) mass is 339 g/mol.